The zero-order valence-electron chi connectivity index (χ0n) is 18.5. The van der Waals surface area contributed by atoms with Crippen LogP contribution in [0.2, 0.25) is 0 Å². The van der Waals surface area contributed by atoms with E-state index in [9.17, 15) is 18.0 Å². The minimum absolute atomic E-state index is 0.0900. The van der Waals surface area contributed by atoms with Gasteiger partial charge in [0.1, 0.15) is 9.90 Å². The molecule has 1 aliphatic rings. The van der Waals surface area contributed by atoms with Crippen molar-refractivity contribution in [2.75, 3.05) is 26.0 Å². The second-order valence-corrected chi connectivity index (χ2v) is 12.1. The Morgan fingerprint density at radius 3 is 2.62 bits per heavy atom. The summed E-state index contributed by atoms with van der Waals surface area (Å²) in [4.78, 5) is 30.8. The van der Waals surface area contributed by atoms with Gasteiger partial charge in [0.15, 0.2) is 0 Å². The SMILES string of the molecule is CCOC(=O)c1c(NC(=O)C(C)Sc2ccc(S(=O)(=O)N(C)C)cn2)sc2c1CCCC2. The molecule has 0 spiro atoms. The number of hydrogen-bond donors (Lipinski definition) is 1. The van der Waals surface area contributed by atoms with E-state index in [1.54, 1.807) is 19.9 Å². The van der Waals surface area contributed by atoms with E-state index in [1.807, 2.05) is 0 Å². The number of nitrogens with zero attached hydrogens (tertiary/aromatic N) is 2. The maximum absolute atomic E-state index is 12.9. The van der Waals surface area contributed by atoms with Crippen LogP contribution in [0.15, 0.2) is 28.3 Å². The molecule has 174 valence electrons. The maximum Gasteiger partial charge on any atom is 0.341 e. The number of nitrogens with one attached hydrogen (secondary N) is 1. The molecule has 0 saturated carbocycles. The molecule has 1 amide bonds. The summed E-state index contributed by atoms with van der Waals surface area (Å²) in [6.45, 7) is 3.77. The number of sulfonamides is 1. The smallest absolute Gasteiger partial charge is 0.341 e. The Balaban J connectivity index is 1.74. The van der Waals surface area contributed by atoms with Gasteiger partial charge in [-0.05, 0) is 57.2 Å². The molecule has 1 unspecified atom stereocenters. The van der Waals surface area contributed by atoms with Crippen molar-refractivity contribution in [1.29, 1.82) is 0 Å². The molecule has 1 atom stereocenters. The molecule has 1 aliphatic carbocycles. The fraction of sp³-hybridized carbons (Fsp3) is 0.476. The summed E-state index contributed by atoms with van der Waals surface area (Å²) in [6, 6.07) is 3.06. The number of carbonyl (C=O) groups is 2. The van der Waals surface area contributed by atoms with Gasteiger partial charge >= 0.3 is 5.97 Å². The van der Waals surface area contributed by atoms with Gasteiger partial charge < -0.3 is 10.1 Å². The number of amides is 1. The maximum atomic E-state index is 12.9. The van der Waals surface area contributed by atoms with Crippen LogP contribution >= 0.6 is 23.1 Å². The average Bonchev–Trinajstić information content (AvgIpc) is 3.12. The zero-order valence-corrected chi connectivity index (χ0v) is 21.0. The molecule has 0 saturated heterocycles. The first kappa shape index (κ1) is 24.7. The van der Waals surface area contributed by atoms with Crippen LogP contribution in [0.4, 0.5) is 5.00 Å². The lowest BCUT2D eigenvalue weighted by atomic mass is 9.95. The Morgan fingerprint density at radius 1 is 1.28 bits per heavy atom. The number of fused-ring (bicyclic) bond motifs is 1. The number of thiophene rings is 1. The average molecular weight is 498 g/mol. The van der Waals surface area contributed by atoms with Gasteiger partial charge in [-0.25, -0.2) is 22.5 Å². The monoisotopic (exact) mass is 497 g/mol. The highest BCUT2D eigenvalue weighted by Crippen LogP contribution is 2.39. The number of rotatable bonds is 8. The number of thioether (sulfide) groups is 1. The van der Waals surface area contributed by atoms with Gasteiger partial charge in [-0.1, -0.05) is 11.8 Å². The van der Waals surface area contributed by atoms with Crippen molar-refractivity contribution in [1.82, 2.24) is 9.29 Å². The number of aryl methyl sites for hydroxylation is 1. The predicted octanol–water partition coefficient (Wildman–Crippen LogP) is 3.57. The molecule has 2 heterocycles. The Hall–Kier alpha value is -1.95. The van der Waals surface area contributed by atoms with Crippen LogP contribution in [-0.2, 0) is 32.4 Å². The summed E-state index contributed by atoms with van der Waals surface area (Å²) in [5.74, 6) is -0.659. The Kier molecular flexibility index (Phi) is 7.97. The van der Waals surface area contributed by atoms with Gasteiger partial charge in [-0.15, -0.1) is 11.3 Å². The van der Waals surface area contributed by atoms with E-state index in [0.717, 1.165) is 40.4 Å². The van der Waals surface area contributed by atoms with Gasteiger partial charge in [0.05, 0.1) is 22.4 Å². The van der Waals surface area contributed by atoms with E-state index >= 15 is 0 Å². The van der Waals surface area contributed by atoms with E-state index < -0.39 is 21.2 Å². The van der Waals surface area contributed by atoms with Crippen molar-refractivity contribution in [3.8, 4) is 0 Å². The minimum Gasteiger partial charge on any atom is -0.462 e. The molecule has 1 N–H and O–H groups in total. The molecule has 0 aliphatic heterocycles. The molecule has 8 nitrogen and oxygen atoms in total. The minimum atomic E-state index is -3.56. The summed E-state index contributed by atoms with van der Waals surface area (Å²) in [5.41, 5.74) is 1.48. The largest absolute Gasteiger partial charge is 0.462 e. The number of ether oxygens (including phenoxy) is 1. The Bertz CT molecular complexity index is 1090. The fourth-order valence-corrected chi connectivity index (χ4v) is 6.24. The normalized spacial score (nSPS) is 14.7. The molecule has 32 heavy (non-hydrogen) atoms. The Morgan fingerprint density at radius 2 is 2.00 bits per heavy atom. The molecular weight excluding hydrogens is 470 g/mol. The van der Waals surface area contributed by atoms with Crippen LogP contribution in [0.5, 0.6) is 0 Å². The number of anilines is 1. The first-order valence-electron chi connectivity index (χ1n) is 10.3. The molecule has 2 aromatic heterocycles. The summed E-state index contributed by atoms with van der Waals surface area (Å²) in [6.07, 6.45) is 5.08. The van der Waals surface area contributed by atoms with Crippen LogP contribution in [0.3, 0.4) is 0 Å². The molecule has 11 heteroatoms. The van der Waals surface area contributed by atoms with Crippen molar-refractivity contribution < 1.29 is 22.7 Å². The predicted molar refractivity (Wildman–Crippen MR) is 126 cm³/mol. The quantitative estimate of drug-likeness (QED) is 0.439. The van der Waals surface area contributed by atoms with Crippen molar-refractivity contribution in [3.63, 3.8) is 0 Å². The summed E-state index contributed by atoms with van der Waals surface area (Å²) in [7, 11) is -0.647. The molecule has 0 aromatic carbocycles. The lowest BCUT2D eigenvalue weighted by Crippen LogP contribution is -2.24. The molecule has 3 rings (SSSR count). The van der Waals surface area contributed by atoms with E-state index in [0.29, 0.717) is 15.6 Å². The van der Waals surface area contributed by atoms with Gasteiger partial charge in [0, 0.05) is 25.2 Å². The lowest BCUT2D eigenvalue weighted by molar-refractivity contribution is -0.115. The third-order valence-electron chi connectivity index (χ3n) is 5.04. The van der Waals surface area contributed by atoms with Crippen molar-refractivity contribution >= 4 is 50.0 Å². The highest BCUT2D eigenvalue weighted by atomic mass is 32.2. The van der Waals surface area contributed by atoms with E-state index in [1.165, 1.54) is 49.5 Å². The zero-order chi connectivity index (χ0) is 23.5. The highest BCUT2D eigenvalue weighted by Gasteiger charge is 2.28. The first-order chi connectivity index (χ1) is 15.1. The van der Waals surface area contributed by atoms with E-state index in [4.69, 9.17) is 4.74 Å². The third kappa shape index (κ3) is 5.33. The van der Waals surface area contributed by atoms with Crippen LogP contribution in [0.1, 0.15) is 47.5 Å². The number of hydrogen-bond acceptors (Lipinski definition) is 8. The number of carbonyl (C=O) groups excluding carboxylic acids is 2. The van der Waals surface area contributed by atoms with Crippen LogP contribution in [0.25, 0.3) is 0 Å². The molecule has 0 bridgehead atoms. The number of aromatic nitrogens is 1. The Labute approximate surface area is 196 Å². The van der Waals surface area contributed by atoms with E-state index in [-0.39, 0.29) is 17.4 Å². The van der Waals surface area contributed by atoms with Gasteiger partial charge in [-0.2, -0.15) is 0 Å². The van der Waals surface area contributed by atoms with E-state index in [2.05, 4.69) is 10.3 Å². The van der Waals surface area contributed by atoms with Crippen LogP contribution in [-0.4, -0.2) is 55.5 Å². The number of esters is 1. The standard InChI is InChI=1S/C21H27N3O5S3/c1-5-29-21(26)18-15-8-6-7-9-16(15)31-20(18)23-19(25)13(2)30-17-11-10-14(12-22-17)32(27,28)24(3)4/h10-13H,5-9H2,1-4H3,(H,23,25). The van der Waals surface area contributed by atoms with Gasteiger partial charge in [0.2, 0.25) is 15.9 Å². The summed E-state index contributed by atoms with van der Waals surface area (Å²) in [5, 5.41) is 3.46. The van der Waals surface area contributed by atoms with Crippen LogP contribution < -0.4 is 5.32 Å². The fourth-order valence-electron chi connectivity index (χ4n) is 3.32. The van der Waals surface area contributed by atoms with Crippen molar-refractivity contribution in [2.24, 2.45) is 0 Å². The lowest BCUT2D eigenvalue weighted by Gasteiger charge is -2.14. The van der Waals surface area contributed by atoms with Crippen LogP contribution in [0, 0.1) is 0 Å². The second kappa shape index (κ2) is 10.3. The molecule has 0 radical (unpaired) electrons. The van der Waals surface area contributed by atoms with Gasteiger partial charge in [0.25, 0.3) is 0 Å². The second-order valence-electron chi connectivity index (χ2n) is 7.50. The summed E-state index contributed by atoms with van der Waals surface area (Å²) < 4.78 is 30.7. The van der Waals surface area contributed by atoms with Gasteiger partial charge in [-0.3, -0.25) is 4.79 Å². The topological polar surface area (TPSA) is 106 Å². The number of pyridine rings is 1. The molecule has 2 aromatic rings. The molecular formula is C21H27N3O5S3. The van der Waals surface area contributed by atoms with Crippen molar-refractivity contribution in [2.45, 2.75) is 54.7 Å². The van der Waals surface area contributed by atoms with Crippen molar-refractivity contribution in [3.05, 3.63) is 34.3 Å². The molecule has 0 fully saturated rings. The first-order valence-corrected chi connectivity index (χ1v) is 13.5. The highest BCUT2D eigenvalue weighted by molar-refractivity contribution is 8.00. The third-order valence-corrected chi connectivity index (χ3v) is 9.10. The summed E-state index contributed by atoms with van der Waals surface area (Å²) >= 11 is 2.66.